The maximum absolute atomic E-state index is 12.1. The van der Waals surface area contributed by atoms with Crippen molar-refractivity contribution in [1.29, 1.82) is 0 Å². The van der Waals surface area contributed by atoms with Crippen molar-refractivity contribution >= 4 is 6.03 Å². The number of piperidine rings is 1. The molecule has 0 saturated carbocycles. The quantitative estimate of drug-likeness (QED) is 0.840. The fourth-order valence-electron chi connectivity index (χ4n) is 3.78. The van der Waals surface area contributed by atoms with E-state index in [4.69, 9.17) is 9.47 Å². The smallest absolute Gasteiger partial charge is 0.319 e. The Balaban J connectivity index is 1.42. The fraction of sp³-hybridized carbons (Fsp3) is 0.684. The molecule has 3 heterocycles. The molecule has 2 aliphatic rings. The number of pyridine rings is 1. The first kappa shape index (κ1) is 18.1. The Morgan fingerprint density at radius 2 is 2.16 bits per heavy atom. The number of urea groups is 1. The Kier molecular flexibility index (Phi) is 5.59. The molecule has 1 spiro atoms. The highest BCUT2D eigenvalue weighted by molar-refractivity contribution is 5.73. The average Bonchev–Trinajstić information content (AvgIpc) is 2.98. The second kappa shape index (κ2) is 7.70. The van der Waals surface area contributed by atoms with Crippen molar-refractivity contribution in [3.05, 3.63) is 29.6 Å². The summed E-state index contributed by atoms with van der Waals surface area (Å²) in [5.41, 5.74) is 2.19. The number of carbonyl (C=O) groups excluding carboxylic acids is 1. The predicted molar refractivity (Wildman–Crippen MR) is 95.3 cm³/mol. The van der Waals surface area contributed by atoms with Crippen LogP contribution in [-0.2, 0) is 16.1 Å². The summed E-state index contributed by atoms with van der Waals surface area (Å²) in [7, 11) is 3.61. The number of aryl methyl sites for hydroxylation is 1. The van der Waals surface area contributed by atoms with Gasteiger partial charge in [-0.2, -0.15) is 0 Å². The molecule has 1 atom stereocenters. The van der Waals surface area contributed by atoms with Gasteiger partial charge < -0.3 is 19.3 Å². The summed E-state index contributed by atoms with van der Waals surface area (Å²) in [6.07, 6.45) is 3.21. The summed E-state index contributed by atoms with van der Waals surface area (Å²) < 4.78 is 11.8. The van der Waals surface area contributed by atoms with Crippen LogP contribution in [0.2, 0.25) is 0 Å². The first-order chi connectivity index (χ1) is 12.0. The molecule has 0 unspecified atom stereocenters. The molecule has 1 aromatic rings. The van der Waals surface area contributed by atoms with Gasteiger partial charge in [-0.3, -0.25) is 4.98 Å². The third-order valence-electron chi connectivity index (χ3n) is 5.26. The van der Waals surface area contributed by atoms with Gasteiger partial charge in [-0.05, 0) is 43.7 Å². The molecule has 0 N–H and O–H groups in total. The molecule has 3 rings (SSSR count). The first-order valence-corrected chi connectivity index (χ1v) is 9.06. The van der Waals surface area contributed by atoms with E-state index in [1.54, 1.807) is 4.90 Å². The third-order valence-corrected chi connectivity index (χ3v) is 5.26. The number of ether oxygens (including phenoxy) is 2. The second-order valence-electron chi connectivity index (χ2n) is 7.59. The van der Waals surface area contributed by atoms with E-state index in [1.807, 2.05) is 44.1 Å². The maximum Gasteiger partial charge on any atom is 0.319 e. The lowest BCUT2D eigenvalue weighted by Crippen LogP contribution is -2.47. The SMILES string of the molecule is Cc1cccc(COC[C@@H]2CC3(CCN(C(=O)N(C)C)CC3)CO2)n1. The molecule has 2 saturated heterocycles. The molecule has 6 heteroatoms. The Morgan fingerprint density at radius 1 is 1.40 bits per heavy atom. The fourth-order valence-corrected chi connectivity index (χ4v) is 3.78. The van der Waals surface area contributed by atoms with Crippen molar-refractivity contribution in [2.24, 2.45) is 5.41 Å². The molecule has 0 bridgehead atoms. The Morgan fingerprint density at radius 3 is 2.84 bits per heavy atom. The molecule has 2 amide bonds. The van der Waals surface area contributed by atoms with Gasteiger partial charge in [0.2, 0.25) is 0 Å². The molecular weight excluding hydrogens is 318 g/mol. The topological polar surface area (TPSA) is 54.9 Å². The normalized spacial score (nSPS) is 22.4. The highest BCUT2D eigenvalue weighted by atomic mass is 16.5. The monoisotopic (exact) mass is 347 g/mol. The van der Waals surface area contributed by atoms with Gasteiger partial charge in [0.25, 0.3) is 0 Å². The summed E-state index contributed by atoms with van der Waals surface area (Å²) in [5.74, 6) is 0. The minimum absolute atomic E-state index is 0.110. The molecule has 0 radical (unpaired) electrons. The Bertz CT molecular complexity index is 597. The standard InChI is InChI=1S/C19H29N3O3/c1-15-5-4-6-16(20-15)12-24-13-17-11-19(14-25-17)7-9-22(10-8-19)18(23)21(2)3/h4-6,17H,7-14H2,1-3H3/t17-/m0/s1. The van der Waals surface area contributed by atoms with Crippen LogP contribution >= 0.6 is 0 Å². The summed E-state index contributed by atoms with van der Waals surface area (Å²) in [5, 5.41) is 0. The van der Waals surface area contributed by atoms with Crippen molar-refractivity contribution < 1.29 is 14.3 Å². The number of likely N-dealkylation sites (tertiary alicyclic amines) is 1. The lowest BCUT2D eigenvalue weighted by Gasteiger charge is -2.39. The summed E-state index contributed by atoms with van der Waals surface area (Å²) in [6, 6.07) is 6.09. The minimum atomic E-state index is 0.110. The molecule has 25 heavy (non-hydrogen) atoms. The number of nitrogens with zero attached hydrogens (tertiary/aromatic N) is 3. The zero-order chi connectivity index (χ0) is 17.9. The van der Waals surface area contributed by atoms with E-state index in [0.717, 1.165) is 50.3 Å². The van der Waals surface area contributed by atoms with Crippen molar-refractivity contribution in [1.82, 2.24) is 14.8 Å². The van der Waals surface area contributed by atoms with Crippen LogP contribution in [0.25, 0.3) is 0 Å². The van der Waals surface area contributed by atoms with Gasteiger partial charge in [-0.15, -0.1) is 0 Å². The Labute approximate surface area is 150 Å². The van der Waals surface area contributed by atoms with Gasteiger partial charge in [0.05, 0.1) is 31.6 Å². The van der Waals surface area contributed by atoms with Crippen molar-refractivity contribution in [2.45, 2.75) is 38.9 Å². The number of rotatable bonds is 4. The molecule has 2 aliphatic heterocycles. The van der Waals surface area contributed by atoms with E-state index in [1.165, 1.54) is 0 Å². The number of aromatic nitrogens is 1. The van der Waals surface area contributed by atoms with Gasteiger partial charge in [0.15, 0.2) is 0 Å². The van der Waals surface area contributed by atoms with Crippen molar-refractivity contribution in [3.63, 3.8) is 0 Å². The molecule has 0 aromatic carbocycles. The van der Waals surface area contributed by atoms with E-state index in [9.17, 15) is 4.79 Å². The van der Waals surface area contributed by atoms with Crippen LogP contribution in [-0.4, -0.2) is 67.3 Å². The predicted octanol–water partition coefficient (Wildman–Crippen LogP) is 2.46. The summed E-state index contributed by atoms with van der Waals surface area (Å²) >= 11 is 0. The molecule has 138 valence electrons. The van der Waals surface area contributed by atoms with Crippen molar-refractivity contribution in [3.8, 4) is 0 Å². The highest BCUT2D eigenvalue weighted by Crippen LogP contribution is 2.42. The molecule has 6 nitrogen and oxygen atoms in total. The zero-order valence-corrected chi connectivity index (χ0v) is 15.5. The summed E-state index contributed by atoms with van der Waals surface area (Å²) in [4.78, 5) is 20.1. The molecule has 1 aromatic heterocycles. The number of hydrogen-bond donors (Lipinski definition) is 0. The van der Waals surface area contributed by atoms with Crippen LogP contribution < -0.4 is 0 Å². The van der Waals surface area contributed by atoms with Gasteiger partial charge >= 0.3 is 6.03 Å². The highest BCUT2D eigenvalue weighted by Gasteiger charge is 2.43. The maximum atomic E-state index is 12.1. The molecule has 2 fully saturated rings. The third kappa shape index (κ3) is 4.50. The van der Waals surface area contributed by atoms with E-state index in [0.29, 0.717) is 13.2 Å². The lowest BCUT2D eigenvalue weighted by molar-refractivity contribution is 0.00602. The number of carbonyl (C=O) groups is 1. The Hall–Kier alpha value is -1.66. The minimum Gasteiger partial charge on any atom is -0.375 e. The second-order valence-corrected chi connectivity index (χ2v) is 7.59. The van der Waals surface area contributed by atoms with Crippen molar-refractivity contribution in [2.75, 3.05) is 40.4 Å². The van der Waals surface area contributed by atoms with Crippen LogP contribution in [0.3, 0.4) is 0 Å². The molecule has 0 aliphatic carbocycles. The van der Waals surface area contributed by atoms with Crippen LogP contribution in [0.4, 0.5) is 4.79 Å². The molecular formula is C19H29N3O3. The lowest BCUT2D eigenvalue weighted by atomic mass is 9.77. The van der Waals surface area contributed by atoms with E-state index in [2.05, 4.69) is 4.98 Å². The summed E-state index contributed by atoms with van der Waals surface area (Å²) in [6.45, 7) is 5.55. The van der Waals surface area contributed by atoms with Gasteiger partial charge in [0, 0.05) is 32.9 Å². The van der Waals surface area contributed by atoms with Crippen LogP contribution in [0.1, 0.15) is 30.7 Å². The first-order valence-electron chi connectivity index (χ1n) is 9.06. The van der Waals surface area contributed by atoms with Crippen LogP contribution in [0, 0.1) is 12.3 Å². The average molecular weight is 347 g/mol. The number of amides is 2. The van der Waals surface area contributed by atoms with E-state index in [-0.39, 0.29) is 17.6 Å². The zero-order valence-electron chi connectivity index (χ0n) is 15.5. The van der Waals surface area contributed by atoms with Gasteiger partial charge in [-0.25, -0.2) is 4.79 Å². The van der Waals surface area contributed by atoms with Gasteiger partial charge in [0.1, 0.15) is 0 Å². The van der Waals surface area contributed by atoms with Gasteiger partial charge in [-0.1, -0.05) is 6.07 Å². The number of hydrogen-bond acceptors (Lipinski definition) is 4. The van der Waals surface area contributed by atoms with Crippen LogP contribution in [0.5, 0.6) is 0 Å². The van der Waals surface area contributed by atoms with E-state index >= 15 is 0 Å². The van der Waals surface area contributed by atoms with Crippen LogP contribution in [0.15, 0.2) is 18.2 Å². The van der Waals surface area contributed by atoms with E-state index < -0.39 is 0 Å². The largest absolute Gasteiger partial charge is 0.375 e.